The van der Waals surface area contributed by atoms with Gasteiger partial charge in [0.25, 0.3) is 0 Å². The lowest BCUT2D eigenvalue weighted by Gasteiger charge is -2.35. The minimum Gasteiger partial charge on any atom is -0.445 e. The summed E-state index contributed by atoms with van der Waals surface area (Å²) in [6.45, 7) is 3.01. The molecule has 3 aliphatic heterocycles. The Morgan fingerprint density at radius 1 is 1.19 bits per heavy atom. The SMILES string of the molecule is C[N+]12C=CN=CC1=C(N1CCN(C(=O)OCc3ccccc3)CC1)N=C2. The molecule has 7 heteroatoms. The first-order chi connectivity index (χ1) is 12.7. The molecule has 1 fully saturated rings. The highest BCUT2D eigenvalue weighted by Gasteiger charge is 2.37. The third-order valence-corrected chi connectivity index (χ3v) is 4.87. The molecule has 1 amide bonds. The average Bonchev–Trinajstić information content (AvgIpc) is 3.04. The van der Waals surface area contributed by atoms with Gasteiger partial charge in [0.05, 0.1) is 19.5 Å². The topological polar surface area (TPSA) is 57.5 Å². The Labute approximate surface area is 152 Å². The van der Waals surface area contributed by atoms with Gasteiger partial charge in [-0.25, -0.2) is 9.28 Å². The summed E-state index contributed by atoms with van der Waals surface area (Å²) in [6.07, 6.45) is 7.31. The van der Waals surface area contributed by atoms with Crippen molar-refractivity contribution in [3.8, 4) is 0 Å². The standard InChI is InChI=1S/C19H22N5O2/c1-24-12-7-20-13-17(24)18(21-15-24)22-8-10-23(11-9-22)19(25)26-14-16-5-3-2-4-6-16/h2-7,12-13,15H,8-11,14H2,1H3/q+1. The molecule has 0 saturated carbocycles. The Balaban J connectivity index is 1.34. The van der Waals surface area contributed by atoms with E-state index < -0.39 is 0 Å². The monoisotopic (exact) mass is 352 g/mol. The summed E-state index contributed by atoms with van der Waals surface area (Å²) in [6, 6.07) is 9.73. The summed E-state index contributed by atoms with van der Waals surface area (Å²) >= 11 is 0. The molecule has 1 saturated heterocycles. The number of hydrogen-bond acceptors (Lipinski definition) is 5. The number of piperazine rings is 1. The van der Waals surface area contributed by atoms with Crippen LogP contribution in [0.1, 0.15) is 5.56 Å². The van der Waals surface area contributed by atoms with Gasteiger partial charge >= 0.3 is 6.09 Å². The molecule has 0 N–H and O–H groups in total. The van der Waals surface area contributed by atoms with Crippen LogP contribution in [0.5, 0.6) is 0 Å². The lowest BCUT2D eigenvalue weighted by Crippen LogP contribution is -2.48. The maximum absolute atomic E-state index is 12.3. The first kappa shape index (κ1) is 16.5. The van der Waals surface area contributed by atoms with Crippen LogP contribution in [0.3, 0.4) is 0 Å². The maximum atomic E-state index is 12.3. The highest BCUT2D eigenvalue weighted by Crippen LogP contribution is 2.28. The van der Waals surface area contributed by atoms with E-state index >= 15 is 0 Å². The summed E-state index contributed by atoms with van der Waals surface area (Å²) in [7, 11) is 2.07. The molecule has 1 unspecified atom stereocenters. The summed E-state index contributed by atoms with van der Waals surface area (Å²) in [4.78, 5) is 25.1. The predicted octanol–water partition coefficient (Wildman–Crippen LogP) is 2.15. The van der Waals surface area contributed by atoms with Crippen molar-refractivity contribution < 1.29 is 14.0 Å². The molecule has 3 heterocycles. The van der Waals surface area contributed by atoms with E-state index in [0.717, 1.165) is 30.2 Å². The average molecular weight is 352 g/mol. The normalized spacial score (nSPS) is 24.2. The lowest BCUT2D eigenvalue weighted by atomic mass is 10.2. The minimum absolute atomic E-state index is 0.260. The number of hydrogen-bond donors (Lipinski definition) is 0. The number of nitrogens with zero attached hydrogens (tertiary/aromatic N) is 5. The fourth-order valence-corrected chi connectivity index (χ4v) is 3.27. The van der Waals surface area contributed by atoms with Crippen molar-refractivity contribution >= 4 is 18.6 Å². The fraction of sp³-hybridized carbons (Fsp3) is 0.316. The van der Waals surface area contributed by atoms with Gasteiger partial charge in [0.2, 0.25) is 12.0 Å². The molecule has 0 radical (unpaired) electrons. The molecule has 0 bridgehead atoms. The highest BCUT2D eigenvalue weighted by molar-refractivity contribution is 5.83. The van der Waals surface area contributed by atoms with Crippen LogP contribution in [0, 0.1) is 0 Å². The van der Waals surface area contributed by atoms with Crippen molar-refractivity contribution in [2.45, 2.75) is 6.61 Å². The van der Waals surface area contributed by atoms with Crippen LogP contribution in [-0.2, 0) is 11.3 Å². The van der Waals surface area contributed by atoms with E-state index in [9.17, 15) is 4.79 Å². The second kappa shape index (κ2) is 6.76. The Morgan fingerprint density at radius 3 is 2.73 bits per heavy atom. The number of amides is 1. The van der Waals surface area contributed by atoms with Crippen LogP contribution in [-0.4, -0.2) is 66.2 Å². The van der Waals surface area contributed by atoms with Crippen LogP contribution in [0.25, 0.3) is 0 Å². The molecule has 1 aromatic carbocycles. The third-order valence-electron chi connectivity index (χ3n) is 4.87. The number of benzene rings is 1. The number of fused-ring (bicyclic) bond motifs is 1. The predicted molar refractivity (Wildman–Crippen MR) is 99.1 cm³/mol. The number of allylic oxidation sites excluding steroid dienone is 1. The summed E-state index contributed by atoms with van der Waals surface area (Å²) in [5.41, 5.74) is 2.06. The van der Waals surface area contributed by atoms with Gasteiger partial charge < -0.3 is 14.5 Å². The largest absolute Gasteiger partial charge is 0.445 e. The van der Waals surface area contributed by atoms with Crippen molar-refractivity contribution in [3.63, 3.8) is 0 Å². The van der Waals surface area contributed by atoms with Gasteiger partial charge in [-0.15, -0.1) is 0 Å². The van der Waals surface area contributed by atoms with Gasteiger partial charge in [0, 0.05) is 26.2 Å². The number of carbonyl (C=O) groups excluding carboxylic acids is 1. The van der Waals surface area contributed by atoms with Crippen LogP contribution in [0.2, 0.25) is 0 Å². The molecule has 3 aliphatic rings. The molecule has 0 aliphatic carbocycles. The third kappa shape index (κ3) is 3.13. The zero-order chi connectivity index (χ0) is 18.0. The molecule has 134 valence electrons. The first-order valence-corrected chi connectivity index (χ1v) is 8.73. The Morgan fingerprint density at radius 2 is 1.96 bits per heavy atom. The lowest BCUT2D eigenvalue weighted by molar-refractivity contribution is -0.706. The molecule has 4 rings (SSSR count). The maximum Gasteiger partial charge on any atom is 0.410 e. The van der Waals surface area contributed by atoms with Crippen LogP contribution in [0.4, 0.5) is 4.79 Å². The smallest absolute Gasteiger partial charge is 0.410 e. The second-order valence-electron chi connectivity index (χ2n) is 6.69. The molecule has 0 spiro atoms. The Hall–Kier alpha value is -2.93. The van der Waals surface area contributed by atoms with E-state index in [1.807, 2.05) is 49.1 Å². The molecule has 0 aromatic heterocycles. The summed E-state index contributed by atoms with van der Waals surface area (Å²) in [5.74, 6) is 0.943. The number of rotatable bonds is 3. The molecular formula is C19H22N5O2+. The summed E-state index contributed by atoms with van der Waals surface area (Å²) < 4.78 is 5.96. The van der Waals surface area contributed by atoms with E-state index in [-0.39, 0.29) is 6.09 Å². The van der Waals surface area contributed by atoms with Gasteiger partial charge in [-0.3, -0.25) is 4.99 Å². The van der Waals surface area contributed by atoms with E-state index in [1.165, 1.54) is 0 Å². The van der Waals surface area contributed by atoms with Crippen molar-refractivity contribution in [3.05, 3.63) is 59.8 Å². The van der Waals surface area contributed by atoms with Gasteiger partial charge in [0.1, 0.15) is 12.8 Å². The fourth-order valence-electron chi connectivity index (χ4n) is 3.27. The van der Waals surface area contributed by atoms with Crippen LogP contribution < -0.4 is 0 Å². The van der Waals surface area contributed by atoms with E-state index in [4.69, 9.17) is 4.74 Å². The van der Waals surface area contributed by atoms with Gasteiger partial charge in [0.15, 0.2) is 5.82 Å². The Bertz CT molecular complexity index is 806. The van der Waals surface area contributed by atoms with Gasteiger partial charge in [-0.05, 0) is 5.56 Å². The van der Waals surface area contributed by atoms with Crippen molar-refractivity contribution in [2.75, 3.05) is 33.2 Å². The number of quaternary nitrogens is 1. The number of aliphatic imine (C=N–C) groups is 2. The van der Waals surface area contributed by atoms with Crippen molar-refractivity contribution in [2.24, 2.45) is 9.98 Å². The second-order valence-corrected chi connectivity index (χ2v) is 6.69. The zero-order valence-corrected chi connectivity index (χ0v) is 14.8. The van der Waals surface area contributed by atoms with Crippen LogP contribution >= 0.6 is 0 Å². The van der Waals surface area contributed by atoms with Crippen LogP contribution in [0.15, 0.2) is 64.2 Å². The first-order valence-electron chi connectivity index (χ1n) is 8.73. The molecule has 1 atom stereocenters. The van der Waals surface area contributed by atoms with Crippen molar-refractivity contribution in [1.29, 1.82) is 0 Å². The summed E-state index contributed by atoms with van der Waals surface area (Å²) in [5, 5.41) is 0. The highest BCUT2D eigenvalue weighted by atomic mass is 16.6. The molecule has 26 heavy (non-hydrogen) atoms. The van der Waals surface area contributed by atoms with Crippen molar-refractivity contribution in [1.82, 2.24) is 9.80 Å². The minimum atomic E-state index is -0.260. The van der Waals surface area contributed by atoms with E-state index in [1.54, 1.807) is 11.1 Å². The van der Waals surface area contributed by atoms with E-state index in [2.05, 4.69) is 21.9 Å². The van der Waals surface area contributed by atoms with Gasteiger partial charge in [-0.1, -0.05) is 30.3 Å². The molecule has 1 aromatic rings. The zero-order valence-electron chi connectivity index (χ0n) is 14.8. The van der Waals surface area contributed by atoms with Gasteiger partial charge in [-0.2, -0.15) is 4.99 Å². The Kier molecular flexibility index (Phi) is 4.30. The number of ether oxygens (including phenoxy) is 1. The van der Waals surface area contributed by atoms with E-state index in [0.29, 0.717) is 24.2 Å². The molecular weight excluding hydrogens is 330 g/mol. The number of carbonyl (C=O) groups is 1. The quantitative estimate of drug-likeness (QED) is 0.784. The molecule has 7 nitrogen and oxygen atoms in total.